The Morgan fingerprint density at radius 1 is 1.00 bits per heavy atom. The molecule has 3 heterocycles. The lowest BCUT2D eigenvalue weighted by atomic mass is 9.99. The van der Waals surface area contributed by atoms with Gasteiger partial charge in [-0.1, -0.05) is 18.2 Å². The van der Waals surface area contributed by atoms with Crippen LogP contribution >= 0.6 is 0 Å². The maximum atomic E-state index is 14.9. The fourth-order valence-corrected chi connectivity index (χ4v) is 3.73. The standard InChI is InChI=1S/C23H16F2N4O/c1-28-10-14-4-2-5-16(17(14)11-28)15-8-19(24)18(20(25)9-15)12-29-13-27-21-6-3-7-26-22(21)23(29)30/h2-11,13H,12H2,1H3. The van der Waals surface area contributed by atoms with Crippen LogP contribution in [-0.2, 0) is 13.6 Å². The molecule has 0 fully saturated rings. The zero-order chi connectivity index (χ0) is 20.8. The molecule has 7 heteroatoms. The maximum absolute atomic E-state index is 14.9. The molecule has 0 radical (unpaired) electrons. The van der Waals surface area contributed by atoms with Gasteiger partial charge in [0.15, 0.2) is 5.52 Å². The summed E-state index contributed by atoms with van der Waals surface area (Å²) in [5.74, 6) is -1.43. The van der Waals surface area contributed by atoms with Crippen molar-refractivity contribution in [2.45, 2.75) is 6.54 Å². The zero-order valence-electron chi connectivity index (χ0n) is 16.0. The number of halogens is 2. The van der Waals surface area contributed by atoms with E-state index < -0.39 is 17.2 Å². The van der Waals surface area contributed by atoms with E-state index in [9.17, 15) is 13.6 Å². The van der Waals surface area contributed by atoms with Gasteiger partial charge in [-0.2, -0.15) is 0 Å². The Morgan fingerprint density at radius 3 is 2.60 bits per heavy atom. The number of hydrogen-bond donors (Lipinski definition) is 0. The Kier molecular flexibility index (Phi) is 4.17. The molecule has 0 spiro atoms. The van der Waals surface area contributed by atoms with Crippen LogP contribution in [0.5, 0.6) is 0 Å². The molecule has 0 bridgehead atoms. The third-order valence-corrected chi connectivity index (χ3v) is 5.18. The summed E-state index contributed by atoms with van der Waals surface area (Å²) in [5, 5.41) is 1.90. The van der Waals surface area contributed by atoms with Gasteiger partial charge in [-0.15, -0.1) is 0 Å². The fraction of sp³-hybridized carbons (Fsp3) is 0.0870. The van der Waals surface area contributed by atoms with E-state index in [0.29, 0.717) is 11.1 Å². The smallest absolute Gasteiger partial charge is 0.280 e. The highest BCUT2D eigenvalue weighted by molar-refractivity contribution is 5.96. The average molecular weight is 402 g/mol. The van der Waals surface area contributed by atoms with Gasteiger partial charge in [-0.05, 0) is 40.8 Å². The second-order valence-corrected chi connectivity index (χ2v) is 7.20. The summed E-state index contributed by atoms with van der Waals surface area (Å²) in [4.78, 5) is 20.8. The van der Waals surface area contributed by atoms with Crippen molar-refractivity contribution in [2.75, 3.05) is 0 Å². The summed E-state index contributed by atoms with van der Waals surface area (Å²) in [7, 11) is 1.90. The summed E-state index contributed by atoms with van der Waals surface area (Å²) in [6.45, 7) is -0.272. The molecule has 0 aliphatic carbocycles. The summed E-state index contributed by atoms with van der Waals surface area (Å²) >= 11 is 0. The molecule has 5 nitrogen and oxygen atoms in total. The molecule has 0 saturated heterocycles. The van der Waals surface area contributed by atoms with Gasteiger partial charge < -0.3 is 4.57 Å². The van der Waals surface area contributed by atoms with E-state index in [0.717, 1.165) is 20.9 Å². The average Bonchev–Trinajstić information content (AvgIpc) is 3.12. The van der Waals surface area contributed by atoms with Crippen LogP contribution in [0.1, 0.15) is 5.56 Å². The van der Waals surface area contributed by atoms with Crippen LogP contribution in [0.25, 0.3) is 32.9 Å². The van der Waals surface area contributed by atoms with E-state index in [1.807, 2.05) is 42.2 Å². The molecule has 0 aliphatic heterocycles. The monoisotopic (exact) mass is 402 g/mol. The summed E-state index contributed by atoms with van der Waals surface area (Å²) in [5.41, 5.74) is 1.14. The largest absolute Gasteiger partial charge is 0.356 e. The molecule has 0 atom stereocenters. The number of pyridine rings is 1. The van der Waals surface area contributed by atoms with Crippen LogP contribution in [0.15, 0.2) is 72.2 Å². The minimum Gasteiger partial charge on any atom is -0.356 e. The van der Waals surface area contributed by atoms with Gasteiger partial charge in [-0.25, -0.2) is 18.7 Å². The molecule has 0 unspecified atom stereocenters. The van der Waals surface area contributed by atoms with E-state index in [-0.39, 0.29) is 17.6 Å². The van der Waals surface area contributed by atoms with Crippen LogP contribution in [0, 0.1) is 11.6 Å². The van der Waals surface area contributed by atoms with Crippen molar-refractivity contribution in [3.8, 4) is 11.1 Å². The second kappa shape index (κ2) is 6.88. The molecule has 0 amide bonds. The van der Waals surface area contributed by atoms with Crippen LogP contribution < -0.4 is 5.56 Å². The first-order valence-corrected chi connectivity index (χ1v) is 9.34. The number of rotatable bonds is 3. The molecule has 0 N–H and O–H groups in total. The predicted molar refractivity (Wildman–Crippen MR) is 111 cm³/mol. The number of fused-ring (bicyclic) bond motifs is 2. The third-order valence-electron chi connectivity index (χ3n) is 5.18. The highest BCUT2D eigenvalue weighted by Gasteiger charge is 2.16. The minimum absolute atomic E-state index is 0.160. The van der Waals surface area contributed by atoms with Crippen molar-refractivity contribution in [1.82, 2.24) is 19.1 Å². The van der Waals surface area contributed by atoms with Crippen molar-refractivity contribution in [1.29, 1.82) is 0 Å². The van der Waals surface area contributed by atoms with Crippen molar-refractivity contribution >= 4 is 21.8 Å². The van der Waals surface area contributed by atoms with Crippen LogP contribution in [0.3, 0.4) is 0 Å². The van der Waals surface area contributed by atoms with Gasteiger partial charge in [-0.3, -0.25) is 9.36 Å². The molecular formula is C23H16F2N4O. The van der Waals surface area contributed by atoms with Gasteiger partial charge in [0.2, 0.25) is 0 Å². The number of hydrogen-bond acceptors (Lipinski definition) is 3. The Morgan fingerprint density at radius 2 is 1.80 bits per heavy atom. The first-order valence-electron chi connectivity index (χ1n) is 9.34. The molecule has 30 heavy (non-hydrogen) atoms. The van der Waals surface area contributed by atoms with E-state index in [1.165, 1.54) is 24.7 Å². The van der Waals surface area contributed by atoms with E-state index >= 15 is 0 Å². The number of benzene rings is 2. The lowest BCUT2D eigenvalue weighted by Gasteiger charge is -2.11. The molecule has 148 valence electrons. The Labute approximate surface area is 169 Å². The maximum Gasteiger partial charge on any atom is 0.280 e. The quantitative estimate of drug-likeness (QED) is 0.453. The van der Waals surface area contributed by atoms with Gasteiger partial charge in [0.25, 0.3) is 5.56 Å². The Bertz CT molecular complexity index is 1460. The molecular weight excluding hydrogens is 386 g/mol. The first-order chi connectivity index (χ1) is 14.5. The Balaban J connectivity index is 1.59. The summed E-state index contributed by atoms with van der Waals surface area (Å²) in [6, 6.07) is 11.6. The summed E-state index contributed by atoms with van der Waals surface area (Å²) in [6.07, 6.45) is 6.63. The van der Waals surface area contributed by atoms with Crippen LogP contribution in [-0.4, -0.2) is 19.1 Å². The zero-order valence-corrected chi connectivity index (χ0v) is 16.0. The normalized spacial score (nSPS) is 11.4. The van der Waals surface area contributed by atoms with Crippen molar-refractivity contribution in [3.05, 3.63) is 94.9 Å². The van der Waals surface area contributed by atoms with Crippen LogP contribution in [0.2, 0.25) is 0 Å². The lowest BCUT2D eigenvalue weighted by Crippen LogP contribution is -2.23. The predicted octanol–water partition coefficient (Wildman–Crippen LogP) is 4.28. The summed E-state index contributed by atoms with van der Waals surface area (Å²) < 4.78 is 32.9. The highest BCUT2D eigenvalue weighted by Crippen LogP contribution is 2.31. The van der Waals surface area contributed by atoms with Crippen LogP contribution in [0.4, 0.5) is 8.78 Å². The number of aromatic nitrogens is 4. The van der Waals surface area contributed by atoms with Crippen molar-refractivity contribution in [2.24, 2.45) is 7.05 Å². The molecule has 2 aromatic carbocycles. The third kappa shape index (κ3) is 2.95. The highest BCUT2D eigenvalue weighted by atomic mass is 19.1. The van der Waals surface area contributed by atoms with Gasteiger partial charge >= 0.3 is 0 Å². The topological polar surface area (TPSA) is 52.7 Å². The molecule has 0 aliphatic rings. The van der Waals surface area contributed by atoms with E-state index in [1.54, 1.807) is 12.1 Å². The van der Waals surface area contributed by atoms with E-state index in [4.69, 9.17) is 0 Å². The fourth-order valence-electron chi connectivity index (χ4n) is 3.73. The Hall–Kier alpha value is -3.87. The number of aryl methyl sites for hydroxylation is 1. The van der Waals surface area contributed by atoms with Crippen molar-refractivity contribution in [3.63, 3.8) is 0 Å². The molecule has 3 aromatic heterocycles. The number of nitrogens with zero attached hydrogens (tertiary/aromatic N) is 4. The van der Waals surface area contributed by atoms with Gasteiger partial charge in [0.1, 0.15) is 11.6 Å². The first kappa shape index (κ1) is 18.2. The molecule has 5 rings (SSSR count). The molecule has 5 aromatic rings. The van der Waals surface area contributed by atoms with E-state index in [2.05, 4.69) is 9.97 Å². The second-order valence-electron chi connectivity index (χ2n) is 7.20. The SMILES string of the molecule is Cn1cc2cccc(-c3cc(F)c(Cn4cnc5cccnc5c4=O)c(F)c3)c2c1. The molecule has 0 saturated carbocycles. The van der Waals surface area contributed by atoms with Crippen molar-refractivity contribution < 1.29 is 8.78 Å². The van der Waals surface area contributed by atoms with Gasteiger partial charge in [0, 0.05) is 36.6 Å². The lowest BCUT2D eigenvalue weighted by molar-refractivity contribution is 0.541. The minimum atomic E-state index is -0.717. The van der Waals surface area contributed by atoms with Gasteiger partial charge in [0.05, 0.1) is 18.4 Å².